The summed E-state index contributed by atoms with van der Waals surface area (Å²) < 4.78 is 0. The molecule has 1 aliphatic carbocycles. The molecule has 1 nitrogen and oxygen atoms in total. The smallest absolute Gasteiger partial charge is 0.142 e. The molecular formula is C8H10O. The minimum atomic E-state index is 0.855. The number of allylic oxidation sites excluding steroid dienone is 3. The summed E-state index contributed by atoms with van der Waals surface area (Å²) in [7, 11) is 0. The number of aldehydes is 1. The van der Waals surface area contributed by atoms with Gasteiger partial charge in [-0.3, -0.25) is 4.79 Å². The van der Waals surface area contributed by atoms with Gasteiger partial charge < -0.3 is 0 Å². The summed E-state index contributed by atoms with van der Waals surface area (Å²) in [5.74, 6) is 0. The van der Waals surface area contributed by atoms with Crippen LogP contribution in [-0.2, 0) is 4.79 Å². The van der Waals surface area contributed by atoms with Gasteiger partial charge in [0.2, 0.25) is 0 Å². The summed E-state index contributed by atoms with van der Waals surface area (Å²) in [5, 5.41) is 0. The molecule has 1 saturated carbocycles. The molecule has 9 heavy (non-hydrogen) atoms. The summed E-state index contributed by atoms with van der Waals surface area (Å²) in [5.41, 5.74) is 2.48. The van der Waals surface area contributed by atoms with Crippen molar-refractivity contribution in [2.75, 3.05) is 0 Å². The van der Waals surface area contributed by atoms with Crippen LogP contribution in [0.1, 0.15) is 19.3 Å². The Morgan fingerprint density at radius 3 is 2.67 bits per heavy atom. The zero-order valence-corrected chi connectivity index (χ0v) is 5.39. The molecule has 0 radical (unpaired) electrons. The zero-order valence-electron chi connectivity index (χ0n) is 5.39. The Morgan fingerprint density at radius 2 is 2.22 bits per heavy atom. The van der Waals surface area contributed by atoms with Crippen LogP contribution in [-0.4, -0.2) is 6.29 Å². The maximum absolute atomic E-state index is 9.96. The standard InChI is InChI=1S/C8H10O/c1-7-2-3-8(6-7)4-5-9/h4-5H,1-3,6H2/b8-4+. The molecule has 1 heteroatoms. The molecule has 0 spiro atoms. The lowest BCUT2D eigenvalue weighted by Gasteiger charge is -1.86. The van der Waals surface area contributed by atoms with Gasteiger partial charge in [0.25, 0.3) is 0 Å². The number of carbonyl (C=O) groups is 1. The molecule has 0 atom stereocenters. The molecule has 0 unspecified atom stereocenters. The normalized spacial score (nSPS) is 23.1. The Morgan fingerprint density at radius 1 is 1.44 bits per heavy atom. The van der Waals surface area contributed by atoms with Gasteiger partial charge in [-0.25, -0.2) is 0 Å². The first-order valence-corrected chi connectivity index (χ1v) is 3.13. The molecule has 48 valence electrons. The molecule has 1 fully saturated rings. The van der Waals surface area contributed by atoms with Crippen molar-refractivity contribution in [3.8, 4) is 0 Å². The first-order chi connectivity index (χ1) is 4.33. The average Bonchev–Trinajstić information content (AvgIpc) is 2.17. The van der Waals surface area contributed by atoms with E-state index in [1.165, 1.54) is 11.1 Å². The topological polar surface area (TPSA) is 17.1 Å². The first kappa shape index (κ1) is 6.27. The van der Waals surface area contributed by atoms with Crippen LogP contribution in [0.25, 0.3) is 0 Å². The maximum Gasteiger partial charge on any atom is 0.142 e. The van der Waals surface area contributed by atoms with Gasteiger partial charge in [-0.2, -0.15) is 0 Å². The lowest BCUT2D eigenvalue weighted by Crippen LogP contribution is -1.71. The predicted molar refractivity (Wildman–Crippen MR) is 37.1 cm³/mol. The van der Waals surface area contributed by atoms with Crippen molar-refractivity contribution in [2.24, 2.45) is 0 Å². The minimum Gasteiger partial charge on any atom is -0.299 e. The largest absolute Gasteiger partial charge is 0.299 e. The Balaban J connectivity index is 2.57. The van der Waals surface area contributed by atoms with Crippen molar-refractivity contribution in [1.82, 2.24) is 0 Å². The Hall–Kier alpha value is -0.850. The molecule has 0 aliphatic heterocycles. The summed E-state index contributed by atoms with van der Waals surface area (Å²) in [6.45, 7) is 3.83. The van der Waals surface area contributed by atoms with Crippen molar-refractivity contribution in [3.05, 3.63) is 23.8 Å². The number of hydrogen-bond donors (Lipinski definition) is 0. The van der Waals surface area contributed by atoms with Crippen molar-refractivity contribution >= 4 is 6.29 Å². The average molecular weight is 122 g/mol. The van der Waals surface area contributed by atoms with Gasteiger partial charge in [-0.1, -0.05) is 17.7 Å². The van der Waals surface area contributed by atoms with Crippen LogP contribution in [0.15, 0.2) is 23.8 Å². The van der Waals surface area contributed by atoms with Gasteiger partial charge in [0.05, 0.1) is 0 Å². The van der Waals surface area contributed by atoms with E-state index in [0.29, 0.717) is 0 Å². The fourth-order valence-corrected chi connectivity index (χ4v) is 1.07. The second-order valence-electron chi connectivity index (χ2n) is 2.39. The van der Waals surface area contributed by atoms with E-state index in [1.54, 1.807) is 6.08 Å². The van der Waals surface area contributed by atoms with Crippen LogP contribution in [0, 0.1) is 0 Å². The third kappa shape index (κ3) is 1.53. The highest BCUT2D eigenvalue weighted by Crippen LogP contribution is 2.27. The SMILES string of the molecule is C=C1CC/C(=C\C=O)C1. The Labute approximate surface area is 55.1 Å². The molecular weight excluding hydrogens is 112 g/mol. The molecule has 1 aliphatic rings. The first-order valence-electron chi connectivity index (χ1n) is 3.13. The third-order valence-electron chi connectivity index (χ3n) is 1.58. The molecule has 0 heterocycles. The second-order valence-corrected chi connectivity index (χ2v) is 2.39. The van der Waals surface area contributed by atoms with Crippen LogP contribution in [0.4, 0.5) is 0 Å². The molecule has 0 saturated heterocycles. The predicted octanol–water partition coefficient (Wildman–Crippen LogP) is 1.85. The van der Waals surface area contributed by atoms with Gasteiger partial charge in [-0.05, 0) is 25.3 Å². The monoisotopic (exact) mass is 122 g/mol. The molecule has 0 N–H and O–H groups in total. The minimum absolute atomic E-state index is 0.855. The molecule has 0 amide bonds. The zero-order chi connectivity index (χ0) is 6.69. The fraction of sp³-hybridized carbons (Fsp3) is 0.375. The van der Waals surface area contributed by atoms with E-state index in [2.05, 4.69) is 6.58 Å². The fourth-order valence-electron chi connectivity index (χ4n) is 1.07. The van der Waals surface area contributed by atoms with Gasteiger partial charge in [0, 0.05) is 0 Å². The quantitative estimate of drug-likeness (QED) is 0.294. The highest BCUT2D eigenvalue weighted by molar-refractivity contribution is 5.66. The second kappa shape index (κ2) is 2.62. The third-order valence-corrected chi connectivity index (χ3v) is 1.58. The van der Waals surface area contributed by atoms with Crippen LogP contribution >= 0.6 is 0 Å². The van der Waals surface area contributed by atoms with E-state index in [4.69, 9.17) is 0 Å². The Bertz CT molecular complexity index is 165. The van der Waals surface area contributed by atoms with Gasteiger partial charge in [0.15, 0.2) is 0 Å². The summed E-state index contributed by atoms with van der Waals surface area (Å²) in [4.78, 5) is 9.96. The molecule has 0 aromatic carbocycles. The van der Waals surface area contributed by atoms with Gasteiger partial charge in [0.1, 0.15) is 6.29 Å². The molecule has 0 aromatic heterocycles. The highest BCUT2D eigenvalue weighted by Gasteiger charge is 2.08. The van der Waals surface area contributed by atoms with Crippen molar-refractivity contribution in [3.63, 3.8) is 0 Å². The number of carbonyl (C=O) groups excluding carboxylic acids is 1. The van der Waals surface area contributed by atoms with E-state index in [9.17, 15) is 4.79 Å². The molecule has 0 aromatic rings. The highest BCUT2D eigenvalue weighted by atomic mass is 16.1. The van der Waals surface area contributed by atoms with Gasteiger partial charge in [-0.15, -0.1) is 0 Å². The van der Waals surface area contributed by atoms with E-state index in [-0.39, 0.29) is 0 Å². The van der Waals surface area contributed by atoms with Crippen LogP contribution in [0.2, 0.25) is 0 Å². The van der Waals surface area contributed by atoms with E-state index < -0.39 is 0 Å². The van der Waals surface area contributed by atoms with Crippen LogP contribution < -0.4 is 0 Å². The number of hydrogen-bond acceptors (Lipinski definition) is 1. The van der Waals surface area contributed by atoms with Crippen molar-refractivity contribution in [1.29, 1.82) is 0 Å². The maximum atomic E-state index is 9.96. The van der Waals surface area contributed by atoms with Crippen LogP contribution in [0.5, 0.6) is 0 Å². The van der Waals surface area contributed by atoms with E-state index in [1.807, 2.05) is 0 Å². The van der Waals surface area contributed by atoms with Crippen molar-refractivity contribution in [2.45, 2.75) is 19.3 Å². The van der Waals surface area contributed by atoms with Crippen LogP contribution in [0.3, 0.4) is 0 Å². The summed E-state index contributed by atoms with van der Waals surface area (Å²) in [6, 6.07) is 0. The summed E-state index contributed by atoms with van der Waals surface area (Å²) >= 11 is 0. The Kier molecular flexibility index (Phi) is 1.83. The lowest BCUT2D eigenvalue weighted by molar-refractivity contribution is -0.104. The summed E-state index contributed by atoms with van der Waals surface area (Å²) in [6.07, 6.45) is 5.56. The van der Waals surface area contributed by atoms with Crippen molar-refractivity contribution < 1.29 is 4.79 Å². The van der Waals surface area contributed by atoms with E-state index >= 15 is 0 Å². The van der Waals surface area contributed by atoms with E-state index in [0.717, 1.165) is 25.5 Å². The number of rotatable bonds is 1. The molecule has 0 bridgehead atoms. The lowest BCUT2D eigenvalue weighted by atomic mass is 10.2. The molecule has 1 rings (SSSR count). The van der Waals surface area contributed by atoms with Gasteiger partial charge >= 0.3 is 0 Å².